The van der Waals surface area contributed by atoms with Gasteiger partial charge in [-0.15, -0.1) is 0 Å². The van der Waals surface area contributed by atoms with E-state index in [1.807, 2.05) is 5.32 Å². The molecule has 0 fully saturated rings. The van der Waals surface area contributed by atoms with Gasteiger partial charge in [-0.1, -0.05) is 0 Å². The van der Waals surface area contributed by atoms with Gasteiger partial charge in [0.15, 0.2) is 0 Å². The van der Waals surface area contributed by atoms with Crippen LogP contribution in [0.3, 0.4) is 0 Å². The lowest BCUT2D eigenvalue weighted by molar-refractivity contribution is -0.145. The number of nitrogens with two attached hydrogens (primary N) is 1. The van der Waals surface area contributed by atoms with Crippen molar-refractivity contribution < 1.29 is 33.5 Å². The van der Waals surface area contributed by atoms with E-state index in [4.69, 9.17) is 5.73 Å². The molecule has 15 nitrogen and oxygen atoms in total. The van der Waals surface area contributed by atoms with Gasteiger partial charge in [0.2, 0.25) is 35.6 Å². The molecule has 4 unspecified atom stereocenters. The van der Waals surface area contributed by atoms with E-state index in [-0.39, 0.29) is 4.57 Å². The number of aromatic nitrogens is 2. The van der Waals surface area contributed by atoms with Crippen molar-refractivity contribution in [2.75, 3.05) is 0 Å². The van der Waals surface area contributed by atoms with E-state index < -0.39 is 77.0 Å². The van der Waals surface area contributed by atoms with Crippen LogP contribution in [-0.4, -0.2) is 68.4 Å². The first kappa shape index (κ1) is 28.0. The second kappa shape index (κ2) is 11.7. The van der Waals surface area contributed by atoms with E-state index in [9.17, 15) is 43.1 Å². The van der Waals surface area contributed by atoms with Gasteiger partial charge in [-0.2, -0.15) is 4.39 Å². The second-order valence-corrected chi connectivity index (χ2v) is 7.37. The average Bonchev–Trinajstić information content (AvgIpc) is 2.73. The van der Waals surface area contributed by atoms with Crippen LogP contribution >= 0.6 is 0 Å². The van der Waals surface area contributed by atoms with Crippen LogP contribution in [0.25, 0.3) is 0 Å². The van der Waals surface area contributed by atoms with Crippen LogP contribution in [-0.2, 0) is 24.0 Å². The Labute approximate surface area is 191 Å². The van der Waals surface area contributed by atoms with Gasteiger partial charge in [0.25, 0.3) is 5.56 Å². The summed E-state index contributed by atoms with van der Waals surface area (Å²) >= 11 is 0. The van der Waals surface area contributed by atoms with Crippen LogP contribution in [0.4, 0.5) is 4.39 Å². The summed E-state index contributed by atoms with van der Waals surface area (Å²) in [6.45, 7) is 5.26. The van der Waals surface area contributed by atoms with Crippen molar-refractivity contribution in [3.05, 3.63) is 32.9 Å². The van der Waals surface area contributed by atoms with Crippen LogP contribution in [0, 0.1) is 5.82 Å². The Morgan fingerprint density at radius 3 is 1.71 bits per heavy atom. The molecule has 0 aromatic carbocycles. The zero-order valence-corrected chi connectivity index (χ0v) is 18.7. The number of carboxylic acid groups (broad SMARTS) is 1. The molecule has 16 heteroatoms. The molecule has 0 saturated heterocycles. The number of halogens is 1. The number of amides is 4. The third-order valence-corrected chi connectivity index (χ3v) is 4.39. The molecular weight excluding hydrogens is 461 g/mol. The molecule has 0 bridgehead atoms. The third-order valence-electron chi connectivity index (χ3n) is 4.39. The summed E-state index contributed by atoms with van der Waals surface area (Å²) < 4.78 is 13.7. The number of hydrogen-bond donors (Lipinski definition) is 7. The van der Waals surface area contributed by atoms with Gasteiger partial charge in [-0.3, -0.25) is 33.5 Å². The second-order valence-electron chi connectivity index (χ2n) is 7.37. The highest BCUT2D eigenvalue weighted by Gasteiger charge is 2.28. The number of carbonyl (C=O) groups is 5. The number of H-pyrrole nitrogens is 1. The third kappa shape index (κ3) is 7.51. The molecule has 0 aliphatic carbocycles. The lowest BCUT2D eigenvalue weighted by atomic mass is 10.2. The molecule has 0 aliphatic rings. The zero-order chi connectivity index (χ0) is 26.3. The van der Waals surface area contributed by atoms with Crippen molar-refractivity contribution in [3.8, 4) is 0 Å². The Hall–Kier alpha value is -4.08. The molecule has 4 amide bonds. The first-order valence-corrected chi connectivity index (χ1v) is 9.86. The maximum Gasteiger partial charge on any atom is 0.347 e. The molecule has 8 N–H and O–H groups in total. The average molecular weight is 487 g/mol. The summed E-state index contributed by atoms with van der Waals surface area (Å²) in [7, 11) is 0. The maximum absolute atomic E-state index is 13.5. The van der Waals surface area contributed by atoms with Gasteiger partial charge in [-0.25, -0.2) is 9.59 Å². The van der Waals surface area contributed by atoms with Gasteiger partial charge < -0.3 is 32.1 Å². The normalized spacial score (nSPS) is 15.1. The number of nitrogens with zero attached hydrogens (tertiary/aromatic N) is 1. The highest BCUT2D eigenvalue weighted by molar-refractivity contribution is 5.94. The molecule has 0 radical (unpaired) electrons. The van der Waals surface area contributed by atoms with Crippen molar-refractivity contribution >= 4 is 29.6 Å². The molecule has 1 heterocycles. The van der Waals surface area contributed by atoms with E-state index in [0.29, 0.717) is 6.20 Å². The van der Waals surface area contributed by atoms with Crippen LogP contribution in [0.5, 0.6) is 0 Å². The van der Waals surface area contributed by atoms with Crippen LogP contribution in [0.2, 0.25) is 0 Å². The van der Waals surface area contributed by atoms with E-state index in [2.05, 4.69) is 16.0 Å². The number of carboxylic acids is 1. The van der Waals surface area contributed by atoms with Gasteiger partial charge >= 0.3 is 11.7 Å². The molecule has 1 rings (SSSR count). The Kier molecular flexibility index (Phi) is 9.61. The fraction of sp³-hybridized carbons (Fsp3) is 0.500. The van der Waals surface area contributed by atoms with E-state index in [0.717, 1.165) is 0 Å². The largest absolute Gasteiger partial charge is 0.478 e. The molecule has 188 valence electrons. The summed E-state index contributed by atoms with van der Waals surface area (Å²) in [6, 6.07) is -4.38. The van der Waals surface area contributed by atoms with E-state index in [1.165, 1.54) is 27.7 Å². The number of nitrogens with one attached hydrogen (secondary N) is 5. The Morgan fingerprint density at radius 1 is 0.882 bits per heavy atom. The molecule has 34 heavy (non-hydrogen) atoms. The van der Waals surface area contributed by atoms with E-state index >= 15 is 0 Å². The summed E-state index contributed by atoms with van der Waals surface area (Å²) in [5, 5.41) is 18.1. The minimum Gasteiger partial charge on any atom is -0.478 e. The SMILES string of the molecule is CC(N)C(=O)NC(C)C(=O)NC(C)C(=O)N[C@@H](C)C(=O)NC(C(=O)O)n1cc(F)c(=O)[nH]c1=O. The standard InChI is InChI=1S/C18H26FN7O8/c1-6(20)12(27)21-7(2)13(28)22-8(3)14(29)23-9(4)15(30)24-11(17(32)33)26-5-10(19)16(31)25-18(26)34/h5-9,11H,20H2,1-4H3,(H,21,27)(H,22,28)(H,23,29)(H,24,30)(H,32,33)(H,25,31,34)/t6?,7?,8?,9-,11?/m0/s1. The van der Waals surface area contributed by atoms with Crippen LogP contribution in [0.1, 0.15) is 33.9 Å². The smallest absolute Gasteiger partial charge is 0.347 e. The van der Waals surface area contributed by atoms with Crippen molar-refractivity contribution in [1.82, 2.24) is 30.8 Å². The summed E-state index contributed by atoms with van der Waals surface area (Å²) in [5.74, 6) is -6.42. The van der Waals surface area contributed by atoms with Crippen molar-refractivity contribution in [3.63, 3.8) is 0 Å². The number of hydrogen-bond acceptors (Lipinski definition) is 8. The molecule has 5 atom stereocenters. The van der Waals surface area contributed by atoms with Crippen LogP contribution < -0.4 is 38.2 Å². The first-order valence-electron chi connectivity index (χ1n) is 9.86. The highest BCUT2D eigenvalue weighted by Crippen LogP contribution is 2.01. The van der Waals surface area contributed by atoms with Gasteiger partial charge in [-0.05, 0) is 27.7 Å². The van der Waals surface area contributed by atoms with Crippen molar-refractivity contribution in [2.24, 2.45) is 5.73 Å². The molecule has 0 spiro atoms. The molecule has 1 aromatic heterocycles. The Balaban J connectivity index is 2.79. The quantitative estimate of drug-likeness (QED) is 0.171. The summed E-state index contributed by atoms with van der Waals surface area (Å²) in [4.78, 5) is 84.3. The predicted octanol–water partition coefficient (Wildman–Crippen LogP) is -3.76. The summed E-state index contributed by atoms with van der Waals surface area (Å²) in [6.07, 6.45) is -1.79. The van der Waals surface area contributed by atoms with Gasteiger partial charge in [0.1, 0.15) is 18.1 Å². The van der Waals surface area contributed by atoms with Gasteiger partial charge in [0.05, 0.1) is 12.2 Å². The van der Waals surface area contributed by atoms with Gasteiger partial charge in [0, 0.05) is 0 Å². The van der Waals surface area contributed by atoms with Crippen molar-refractivity contribution in [2.45, 2.75) is 58.0 Å². The van der Waals surface area contributed by atoms with Crippen LogP contribution in [0.15, 0.2) is 15.8 Å². The lowest BCUT2D eigenvalue weighted by Crippen LogP contribution is -2.56. The monoisotopic (exact) mass is 487 g/mol. The number of carbonyl (C=O) groups excluding carboxylic acids is 4. The highest BCUT2D eigenvalue weighted by atomic mass is 19.1. The van der Waals surface area contributed by atoms with Crippen molar-refractivity contribution in [1.29, 1.82) is 0 Å². The Morgan fingerprint density at radius 2 is 1.29 bits per heavy atom. The first-order chi connectivity index (χ1) is 15.6. The minimum atomic E-state index is -2.10. The number of aromatic amines is 1. The number of aliphatic carboxylic acids is 1. The predicted molar refractivity (Wildman–Crippen MR) is 113 cm³/mol. The lowest BCUT2D eigenvalue weighted by Gasteiger charge is -2.22. The molecule has 0 aliphatic heterocycles. The topological polar surface area (TPSA) is 235 Å². The minimum absolute atomic E-state index is 0.242. The molecule has 0 saturated carbocycles. The summed E-state index contributed by atoms with van der Waals surface area (Å²) in [5.41, 5.74) is 2.72. The Bertz CT molecular complexity index is 1080. The number of rotatable bonds is 10. The van der Waals surface area contributed by atoms with E-state index in [1.54, 1.807) is 4.98 Å². The maximum atomic E-state index is 13.5. The fourth-order valence-corrected chi connectivity index (χ4v) is 2.38. The zero-order valence-electron chi connectivity index (χ0n) is 18.7. The fourth-order valence-electron chi connectivity index (χ4n) is 2.38. The molecule has 1 aromatic rings. The molecular formula is C18H26FN7O8.